The van der Waals surface area contributed by atoms with Crippen LogP contribution in [0.15, 0.2) is 24.3 Å². The van der Waals surface area contributed by atoms with Gasteiger partial charge in [-0.2, -0.15) is 0 Å². The topological polar surface area (TPSA) is 113 Å². The van der Waals surface area contributed by atoms with Crippen molar-refractivity contribution in [3.63, 3.8) is 0 Å². The maximum Gasteiger partial charge on any atom is 0.326 e. The summed E-state index contributed by atoms with van der Waals surface area (Å²) in [6.07, 6.45) is 1.24. The molecule has 1 aromatic carbocycles. The molecule has 8 heteroatoms. The number of rotatable bonds is 6. The number of amides is 1. The van der Waals surface area contributed by atoms with Gasteiger partial charge in [-0.25, -0.2) is 4.79 Å². The molecule has 1 atom stereocenters. The van der Waals surface area contributed by atoms with Crippen LogP contribution in [0.2, 0.25) is 0 Å². The van der Waals surface area contributed by atoms with Crippen LogP contribution >= 0.6 is 0 Å². The summed E-state index contributed by atoms with van der Waals surface area (Å²) in [5.41, 5.74) is 0.288. The second-order valence-electron chi connectivity index (χ2n) is 5.03. The lowest BCUT2D eigenvalue weighted by Crippen LogP contribution is -2.40. The number of hydrogen-bond acceptors (Lipinski definition) is 5. The molecule has 2 rings (SSSR count). The first kappa shape index (κ1) is 15.7. The van der Waals surface area contributed by atoms with Crippen molar-refractivity contribution in [2.24, 2.45) is 0 Å². The summed E-state index contributed by atoms with van der Waals surface area (Å²) in [5, 5.41) is 22.8. The number of carboxylic acid groups (broad SMARTS) is 1. The molecule has 2 N–H and O–H groups in total. The Hall–Kier alpha value is -2.64. The molecule has 8 nitrogen and oxygen atoms in total. The molecule has 0 aliphatic carbocycles. The summed E-state index contributed by atoms with van der Waals surface area (Å²) in [4.78, 5) is 34.8. The lowest BCUT2D eigenvalue weighted by molar-refractivity contribution is -0.384. The van der Waals surface area contributed by atoms with Crippen molar-refractivity contribution in [2.45, 2.75) is 25.3 Å². The minimum Gasteiger partial charge on any atom is -0.480 e. The van der Waals surface area contributed by atoms with Gasteiger partial charge in [-0.15, -0.1) is 0 Å². The maximum atomic E-state index is 12.1. The fourth-order valence-corrected chi connectivity index (χ4v) is 2.55. The van der Waals surface area contributed by atoms with Gasteiger partial charge in [0.2, 0.25) is 5.91 Å². The quantitative estimate of drug-likeness (QED) is 0.608. The van der Waals surface area contributed by atoms with E-state index < -0.39 is 16.9 Å². The van der Waals surface area contributed by atoms with E-state index in [0.29, 0.717) is 25.1 Å². The number of anilines is 1. The van der Waals surface area contributed by atoms with E-state index >= 15 is 0 Å². The zero-order valence-corrected chi connectivity index (χ0v) is 11.9. The van der Waals surface area contributed by atoms with Crippen LogP contribution in [-0.4, -0.2) is 45.9 Å². The van der Waals surface area contributed by atoms with Crippen LogP contribution in [0, 0.1) is 10.1 Å². The number of benzene rings is 1. The third-order valence-corrected chi connectivity index (χ3v) is 3.61. The van der Waals surface area contributed by atoms with Crippen molar-refractivity contribution >= 4 is 23.3 Å². The molecule has 0 spiro atoms. The van der Waals surface area contributed by atoms with E-state index in [1.54, 1.807) is 18.2 Å². The second-order valence-corrected chi connectivity index (χ2v) is 5.03. The normalized spacial score (nSPS) is 17.3. The minimum absolute atomic E-state index is 0.0560. The van der Waals surface area contributed by atoms with Crippen LogP contribution < -0.4 is 5.32 Å². The van der Waals surface area contributed by atoms with Gasteiger partial charge in [0.05, 0.1) is 4.92 Å². The average molecular weight is 307 g/mol. The fraction of sp³-hybridized carbons (Fsp3) is 0.429. The van der Waals surface area contributed by atoms with Gasteiger partial charge in [-0.1, -0.05) is 12.1 Å². The lowest BCUT2D eigenvalue weighted by Gasteiger charge is -2.21. The summed E-state index contributed by atoms with van der Waals surface area (Å²) in [7, 11) is 0. The molecule has 0 saturated carbocycles. The molecule has 1 amide bonds. The molecule has 0 unspecified atom stereocenters. The first-order valence-corrected chi connectivity index (χ1v) is 7.00. The van der Waals surface area contributed by atoms with E-state index in [1.807, 2.05) is 0 Å². The molecule has 1 aliphatic heterocycles. The summed E-state index contributed by atoms with van der Waals surface area (Å²) in [5.74, 6) is -1.24. The summed E-state index contributed by atoms with van der Waals surface area (Å²) >= 11 is 0. The van der Waals surface area contributed by atoms with E-state index in [1.165, 1.54) is 11.0 Å². The Morgan fingerprint density at radius 3 is 2.82 bits per heavy atom. The Labute approximate surface area is 126 Å². The average Bonchev–Trinajstić information content (AvgIpc) is 2.97. The predicted molar refractivity (Wildman–Crippen MR) is 78.6 cm³/mol. The van der Waals surface area contributed by atoms with Gasteiger partial charge < -0.3 is 15.3 Å². The van der Waals surface area contributed by atoms with Crippen molar-refractivity contribution in [1.82, 2.24) is 4.90 Å². The number of nitro groups is 1. The fourth-order valence-electron chi connectivity index (χ4n) is 2.55. The largest absolute Gasteiger partial charge is 0.480 e. The van der Waals surface area contributed by atoms with Crippen molar-refractivity contribution in [3.8, 4) is 0 Å². The van der Waals surface area contributed by atoms with Crippen molar-refractivity contribution in [3.05, 3.63) is 34.4 Å². The molecule has 1 heterocycles. The van der Waals surface area contributed by atoms with E-state index in [0.717, 1.165) is 0 Å². The second kappa shape index (κ2) is 6.88. The molecule has 0 radical (unpaired) electrons. The Bertz CT molecular complexity index is 590. The standard InChI is InChI=1S/C14H17N3O5/c18-13(16-9-3-6-12(16)14(19)20)7-8-15-10-4-1-2-5-11(10)17(21)22/h1-2,4-5,12,15H,3,6-9H2,(H,19,20)/t12-/m0/s1. The SMILES string of the molecule is O=C(O)[C@@H]1CCCN1C(=O)CCNc1ccccc1[N+](=O)[O-]. The Balaban J connectivity index is 1.90. The van der Waals surface area contributed by atoms with Crippen molar-refractivity contribution < 1.29 is 19.6 Å². The van der Waals surface area contributed by atoms with Gasteiger partial charge in [0, 0.05) is 25.6 Å². The Morgan fingerprint density at radius 2 is 2.14 bits per heavy atom. The zero-order chi connectivity index (χ0) is 16.1. The Morgan fingerprint density at radius 1 is 1.41 bits per heavy atom. The van der Waals surface area contributed by atoms with Crippen molar-refractivity contribution in [2.75, 3.05) is 18.4 Å². The molecule has 118 valence electrons. The predicted octanol–water partition coefficient (Wildman–Crippen LogP) is 1.47. The molecule has 1 aromatic rings. The first-order valence-electron chi connectivity index (χ1n) is 7.00. The van der Waals surface area contributed by atoms with Gasteiger partial charge >= 0.3 is 5.97 Å². The van der Waals surface area contributed by atoms with E-state index in [-0.39, 0.29) is 24.6 Å². The number of carbonyl (C=O) groups excluding carboxylic acids is 1. The number of aliphatic carboxylic acids is 1. The molecule has 22 heavy (non-hydrogen) atoms. The molecule has 1 fully saturated rings. The molecular weight excluding hydrogens is 290 g/mol. The van der Waals surface area contributed by atoms with Crippen LogP contribution in [-0.2, 0) is 9.59 Å². The monoisotopic (exact) mass is 307 g/mol. The van der Waals surface area contributed by atoms with Gasteiger partial charge in [0.25, 0.3) is 5.69 Å². The molecule has 1 saturated heterocycles. The Kier molecular flexibility index (Phi) is 4.92. The van der Waals surface area contributed by atoms with Crippen LogP contribution in [0.5, 0.6) is 0 Å². The zero-order valence-electron chi connectivity index (χ0n) is 11.9. The molecule has 1 aliphatic rings. The van der Waals surface area contributed by atoms with Gasteiger partial charge in [-0.05, 0) is 18.9 Å². The highest BCUT2D eigenvalue weighted by atomic mass is 16.6. The molecule has 0 bridgehead atoms. The molecular formula is C14H17N3O5. The number of nitrogens with zero attached hydrogens (tertiary/aromatic N) is 2. The number of carboxylic acids is 1. The highest BCUT2D eigenvalue weighted by molar-refractivity contribution is 5.84. The van der Waals surface area contributed by atoms with Crippen LogP contribution in [0.4, 0.5) is 11.4 Å². The summed E-state index contributed by atoms with van der Waals surface area (Å²) < 4.78 is 0. The lowest BCUT2D eigenvalue weighted by atomic mass is 10.2. The van der Waals surface area contributed by atoms with Crippen LogP contribution in [0.3, 0.4) is 0 Å². The summed E-state index contributed by atoms with van der Waals surface area (Å²) in [6.45, 7) is 0.661. The highest BCUT2D eigenvalue weighted by Gasteiger charge is 2.33. The van der Waals surface area contributed by atoms with E-state index in [2.05, 4.69) is 5.32 Å². The van der Waals surface area contributed by atoms with E-state index in [4.69, 9.17) is 5.11 Å². The number of nitrogens with one attached hydrogen (secondary N) is 1. The summed E-state index contributed by atoms with van der Waals surface area (Å²) in [6, 6.07) is 5.43. The number of hydrogen-bond donors (Lipinski definition) is 2. The van der Waals surface area contributed by atoms with Crippen LogP contribution in [0.1, 0.15) is 19.3 Å². The van der Waals surface area contributed by atoms with Gasteiger partial charge in [0.1, 0.15) is 11.7 Å². The maximum absolute atomic E-state index is 12.1. The van der Waals surface area contributed by atoms with Gasteiger partial charge in [-0.3, -0.25) is 14.9 Å². The smallest absolute Gasteiger partial charge is 0.326 e. The van der Waals surface area contributed by atoms with Crippen LogP contribution in [0.25, 0.3) is 0 Å². The third-order valence-electron chi connectivity index (χ3n) is 3.61. The molecule has 0 aromatic heterocycles. The minimum atomic E-state index is -0.988. The third kappa shape index (κ3) is 3.51. The first-order chi connectivity index (χ1) is 10.5. The van der Waals surface area contributed by atoms with Crippen molar-refractivity contribution in [1.29, 1.82) is 0 Å². The number of nitro benzene ring substituents is 1. The number of para-hydroxylation sites is 2. The van der Waals surface area contributed by atoms with E-state index in [9.17, 15) is 19.7 Å². The number of likely N-dealkylation sites (tertiary alicyclic amines) is 1. The van der Waals surface area contributed by atoms with Gasteiger partial charge in [0.15, 0.2) is 0 Å². The highest BCUT2D eigenvalue weighted by Crippen LogP contribution is 2.23. The number of carbonyl (C=O) groups is 2.